The van der Waals surface area contributed by atoms with Gasteiger partial charge in [-0.25, -0.2) is 4.98 Å². The molecule has 1 heterocycles. The van der Waals surface area contributed by atoms with Gasteiger partial charge < -0.3 is 5.32 Å². The van der Waals surface area contributed by atoms with Gasteiger partial charge in [-0.3, -0.25) is 4.79 Å². The number of thiazole rings is 1. The summed E-state index contributed by atoms with van der Waals surface area (Å²) in [6.45, 7) is 3.88. The maximum atomic E-state index is 11.8. The molecule has 0 fully saturated rings. The standard InChI is InChI=1S/C12H11ClN2OS/c1-7-3-8(2)11(9(13)4-7)15-12(16)10-5-17-6-14-10/h3-6H,1-2H3,(H,15,16). The second kappa shape index (κ2) is 4.85. The molecule has 2 rings (SSSR count). The van der Waals surface area contributed by atoms with Gasteiger partial charge >= 0.3 is 0 Å². The molecule has 0 aliphatic rings. The second-order valence-electron chi connectivity index (χ2n) is 3.77. The van der Waals surface area contributed by atoms with Gasteiger partial charge in [0.25, 0.3) is 5.91 Å². The van der Waals surface area contributed by atoms with Crippen LogP contribution in [0.1, 0.15) is 21.6 Å². The molecular formula is C12H11ClN2OS. The van der Waals surface area contributed by atoms with E-state index in [-0.39, 0.29) is 5.91 Å². The number of anilines is 1. The number of nitrogens with one attached hydrogen (secondary N) is 1. The molecule has 0 saturated heterocycles. The Morgan fingerprint density at radius 1 is 1.41 bits per heavy atom. The van der Waals surface area contributed by atoms with E-state index in [1.54, 1.807) is 10.9 Å². The Hall–Kier alpha value is -1.39. The van der Waals surface area contributed by atoms with Crippen LogP contribution in [0.5, 0.6) is 0 Å². The Balaban J connectivity index is 2.28. The van der Waals surface area contributed by atoms with Crippen molar-refractivity contribution < 1.29 is 4.79 Å². The van der Waals surface area contributed by atoms with E-state index in [9.17, 15) is 4.79 Å². The Morgan fingerprint density at radius 2 is 2.18 bits per heavy atom. The minimum atomic E-state index is -0.236. The number of carbonyl (C=O) groups excluding carboxylic acids is 1. The largest absolute Gasteiger partial charge is 0.319 e. The number of benzene rings is 1. The van der Waals surface area contributed by atoms with Crippen LogP contribution in [0.3, 0.4) is 0 Å². The van der Waals surface area contributed by atoms with Crippen molar-refractivity contribution in [1.29, 1.82) is 0 Å². The molecule has 0 aliphatic heterocycles. The average molecular weight is 267 g/mol. The Kier molecular flexibility index (Phi) is 3.45. The summed E-state index contributed by atoms with van der Waals surface area (Å²) in [5, 5.41) is 5.03. The van der Waals surface area contributed by atoms with Gasteiger partial charge in [0, 0.05) is 5.38 Å². The number of amides is 1. The molecule has 3 nitrogen and oxygen atoms in total. The van der Waals surface area contributed by atoms with Crippen molar-refractivity contribution in [3.05, 3.63) is 44.9 Å². The monoisotopic (exact) mass is 266 g/mol. The molecule has 0 aliphatic carbocycles. The molecule has 1 aromatic heterocycles. The van der Waals surface area contributed by atoms with Crippen LogP contribution in [0.25, 0.3) is 0 Å². The fraction of sp³-hybridized carbons (Fsp3) is 0.167. The lowest BCUT2D eigenvalue weighted by molar-refractivity contribution is 0.102. The van der Waals surface area contributed by atoms with Crippen molar-refractivity contribution in [1.82, 2.24) is 4.98 Å². The zero-order valence-electron chi connectivity index (χ0n) is 9.45. The van der Waals surface area contributed by atoms with Crippen molar-refractivity contribution in [3.63, 3.8) is 0 Å². The molecule has 0 radical (unpaired) electrons. The van der Waals surface area contributed by atoms with Crippen molar-refractivity contribution in [2.75, 3.05) is 5.32 Å². The molecule has 0 bridgehead atoms. The predicted octanol–water partition coefficient (Wildman–Crippen LogP) is 3.67. The average Bonchev–Trinajstić information content (AvgIpc) is 2.76. The van der Waals surface area contributed by atoms with E-state index in [4.69, 9.17) is 11.6 Å². The van der Waals surface area contributed by atoms with Gasteiger partial charge in [-0.05, 0) is 31.0 Å². The van der Waals surface area contributed by atoms with Gasteiger partial charge in [0.05, 0.1) is 16.2 Å². The van der Waals surface area contributed by atoms with Crippen molar-refractivity contribution >= 4 is 34.5 Å². The zero-order chi connectivity index (χ0) is 12.4. The van der Waals surface area contributed by atoms with Crippen LogP contribution in [0.15, 0.2) is 23.0 Å². The molecule has 0 unspecified atom stereocenters. The van der Waals surface area contributed by atoms with E-state index in [1.165, 1.54) is 11.3 Å². The smallest absolute Gasteiger partial charge is 0.275 e. The van der Waals surface area contributed by atoms with Crippen LogP contribution in [0.4, 0.5) is 5.69 Å². The highest BCUT2D eigenvalue weighted by Gasteiger charge is 2.12. The van der Waals surface area contributed by atoms with Gasteiger partial charge in [-0.15, -0.1) is 11.3 Å². The van der Waals surface area contributed by atoms with Crippen LogP contribution in [-0.4, -0.2) is 10.9 Å². The summed E-state index contributed by atoms with van der Waals surface area (Å²) in [7, 11) is 0. The van der Waals surface area contributed by atoms with E-state index in [2.05, 4.69) is 10.3 Å². The first-order chi connectivity index (χ1) is 8.08. The number of hydrogen-bond donors (Lipinski definition) is 1. The number of nitrogens with zero attached hydrogens (tertiary/aromatic N) is 1. The van der Waals surface area contributed by atoms with Crippen LogP contribution in [0, 0.1) is 13.8 Å². The quantitative estimate of drug-likeness (QED) is 0.901. The number of aromatic nitrogens is 1. The highest BCUT2D eigenvalue weighted by Crippen LogP contribution is 2.27. The van der Waals surface area contributed by atoms with Crippen molar-refractivity contribution in [2.24, 2.45) is 0 Å². The summed E-state index contributed by atoms with van der Waals surface area (Å²) >= 11 is 7.49. The molecule has 0 spiro atoms. The molecule has 88 valence electrons. The van der Waals surface area contributed by atoms with Gasteiger partial charge in [-0.1, -0.05) is 17.7 Å². The predicted molar refractivity (Wildman–Crippen MR) is 71.0 cm³/mol. The first-order valence-electron chi connectivity index (χ1n) is 5.04. The third kappa shape index (κ3) is 2.65. The van der Waals surface area contributed by atoms with Crippen LogP contribution in [-0.2, 0) is 0 Å². The highest BCUT2D eigenvalue weighted by atomic mass is 35.5. The SMILES string of the molecule is Cc1cc(C)c(NC(=O)c2cscn2)c(Cl)c1. The maximum Gasteiger partial charge on any atom is 0.275 e. The first-order valence-corrected chi connectivity index (χ1v) is 6.36. The van der Waals surface area contributed by atoms with Gasteiger partial charge in [0.2, 0.25) is 0 Å². The molecule has 1 amide bonds. The minimum Gasteiger partial charge on any atom is -0.319 e. The minimum absolute atomic E-state index is 0.236. The van der Waals surface area contributed by atoms with Crippen molar-refractivity contribution in [2.45, 2.75) is 13.8 Å². The van der Waals surface area contributed by atoms with Crippen molar-refractivity contribution in [3.8, 4) is 0 Å². The topological polar surface area (TPSA) is 42.0 Å². The summed E-state index contributed by atoms with van der Waals surface area (Å²) in [6.07, 6.45) is 0. The van der Waals surface area contributed by atoms with E-state index >= 15 is 0 Å². The lowest BCUT2D eigenvalue weighted by Crippen LogP contribution is -2.13. The normalized spacial score (nSPS) is 10.3. The highest BCUT2D eigenvalue weighted by molar-refractivity contribution is 7.07. The zero-order valence-corrected chi connectivity index (χ0v) is 11.0. The summed E-state index contributed by atoms with van der Waals surface area (Å²) in [6, 6.07) is 3.80. The Morgan fingerprint density at radius 3 is 2.76 bits per heavy atom. The van der Waals surface area contributed by atoms with Gasteiger partial charge in [0.1, 0.15) is 5.69 Å². The third-order valence-electron chi connectivity index (χ3n) is 2.34. The maximum absolute atomic E-state index is 11.8. The first kappa shape index (κ1) is 12.1. The Bertz CT molecular complexity index is 529. The van der Waals surface area contributed by atoms with Crippen LogP contribution >= 0.6 is 22.9 Å². The Labute approximate surface area is 108 Å². The summed E-state index contributed by atoms with van der Waals surface area (Å²) in [4.78, 5) is 15.8. The molecule has 0 atom stereocenters. The van der Waals surface area contributed by atoms with Gasteiger partial charge in [-0.2, -0.15) is 0 Å². The molecule has 1 aromatic carbocycles. The number of carbonyl (C=O) groups is 1. The van der Waals surface area contributed by atoms with E-state index < -0.39 is 0 Å². The van der Waals surface area contributed by atoms with Gasteiger partial charge in [0.15, 0.2) is 0 Å². The summed E-state index contributed by atoms with van der Waals surface area (Å²) < 4.78 is 0. The molecule has 17 heavy (non-hydrogen) atoms. The second-order valence-corrected chi connectivity index (χ2v) is 4.89. The fourth-order valence-corrected chi connectivity index (χ4v) is 2.48. The molecule has 0 saturated carbocycles. The van der Waals surface area contributed by atoms with Crippen LogP contribution < -0.4 is 5.32 Å². The van der Waals surface area contributed by atoms with Crippen LogP contribution in [0.2, 0.25) is 5.02 Å². The molecule has 5 heteroatoms. The third-order valence-corrected chi connectivity index (χ3v) is 3.22. The molecular weight excluding hydrogens is 256 g/mol. The fourth-order valence-electron chi connectivity index (χ4n) is 1.58. The number of hydrogen-bond acceptors (Lipinski definition) is 3. The number of halogens is 1. The summed E-state index contributed by atoms with van der Waals surface area (Å²) in [5.41, 5.74) is 4.69. The van der Waals surface area contributed by atoms with E-state index in [1.807, 2.05) is 26.0 Å². The number of aryl methyl sites for hydroxylation is 2. The lowest BCUT2D eigenvalue weighted by Gasteiger charge is -2.10. The number of rotatable bonds is 2. The molecule has 2 aromatic rings. The van der Waals surface area contributed by atoms with E-state index in [0.29, 0.717) is 16.4 Å². The lowest BCUT2D eigenvalue weighted by atomic mass is 10.1. The van der Waals surface area contributed by atoms with E-state index in [0.717, 1.165) is 11.1 Å². The summed E-state index contributed by atoms with van der Waals surface area (Å²) in [5.74, 6) is -0.236. The molecule has 1 N–H and O–H groups in total.